The molecule has 3 nitrogen and oxygen atoms in total. The van der Waals surface area contributed by atoms with Crippen molar-refractivity contribution in [1.29, 1.82) is 0 Å². The second-order valence-corrected chi connectivity index (χ2v) is 5.21. The summed E-state index contributed by atoms with van der Waals surface area (Å²) in [5.74, 6) is -0.464. The van der Waals surface area contributed by atoms with Crippen LogP contribution in [-0.4, -0.2) is 19.5 Å². The molecule has 0 aromatic heterocycles. The Kier molecular flexibility index (Phi) is 5.47. The number of rotatable bonds is 6. The van der Waals surface area contributed by atoms with Crippen molar-refractivity contribution >= 4 is 21.7 Å². The Labute approximate surface area is 130 Å². The molecular weight excluding hydrogens is 339 g/mol. The average molecular weight is 353 g/mol. The quantitative estimate of drug-likeness (QED) is 0.737. The zero-order chi connectivity index (χ0) is 15.2. The van der Waals surface area contributed by atoms with Crippen LogP contribution in [0.15, 0.2) is 46.9 Å². The average Bonchev–Trinajstić information content (AvgIpc) is 2.49. The highest BCUT2D eigenvalue weighted by Crippen LogP contribution is 2.21. The van der Waals surface area contributed by atoms with Crippen LogP contribution in [0.5, 0.6) is 5.75 Å². The molecule has 0 unspecified atom stereocenters. The van der Waals surface area contributed by atoms with Gasteiger partial charge in [-0.1, -0.05) is 34.1 Å². The molecule has 2 aromatic carbocycles. The van der Waals surface area contributed by atoms with Crippen molar-refractivity contribution in [3.05, 3.63) is 63.9 Å². The standard InChI is InChI=1S/C16H14BrFO3/c1-20-16-7-6-12(18)8-13(16)15(19)10-21-9-11-4-2-3-5-14(11)17/h2-8H,9-10H2,1H3. The van der Waals surface area contributed by atoms with Gasteiger partial charge >= 0.3 is 0 Å². The van der Waals surface area contributed by atoms with Gasteiger partial charge in [-0.2, -0.15) is 0 Å². The van der Waals surface area contributed by atoms with Gasteiger partial charge in [0.05, 0.1) is 19.3 Å². The van der Waals surface area contributed by atoms with E-state index in [-0.39, 0.29) is 18.0 Å². The number of carbonyl (C=O) groups is 1. The third-order valence-electron chi connectivity index (χ3n) is 2.91. The Balaban J connectivity index is 1.99. The van der Waals surface area contributed by atoms with Gasteiger partial charge in [-0.15, -0.1) is 0 Å². The van der Waals surface area contributed by atoms with E-state index in [4.69, 9.17) is 9.47 Å². The number of carbonyl (C=O) groups excluding carboxylic acids is 1. The lowest BCUT2D eigenvalue weighted by Gasteiger charge is -2.09. The summed E-state index contributed by atoms with van der Waals surface area (Å²) in [5.41, 5.74) is 1.13. The first-order valence-corrected chi connectivity index (χ1v) is 7.09. The van der Waals surface area contributed by atoms with Crippen LogP contribution in [0.3, 0.4) is 0 Å². The predicted molar refractivity (Wildman–Crippen MR) is 81.1 cm³/mol. The van der Waals surface area contributed by atoms with E-state index in [9.17, 15) is 9.18 Å². The van der Waals surface area contributed by atoms with Crippen molar-refractivity contribution in [2.75, 3.05) is 13.7 Å². The van der Waals surface area contributed by atoms with Gasteiger partial charge in [0.25, 0.3) is 0 Å². The summed E-state index contributed by atoms with van der Waals surface area (Å²) in [6.45, 7) is 0.159. The van der Waals surface area contributed by atoms with Gasteiger partial charge in [-0.25, -0.2) is 4.39 Å². The molecule has 21 heavy (non-hydrogen) atoms. The summed E-state index contributed by atoms with van der Waals surface area (Å²) in [6, 6.07) is 11.4. The number of ketones is 1. The molecule has 2 aromatic rings. The monoisotopic (exact) mass is 352 g/mol. The fraction of sp³-hybridized carbons (Fsp3) is 0.188. The van der Waals surface area contributed by atoms with E-state index in [1.54, 1.807) is 0 Å². The highest BCUT2D eigenvalue weighted by molar-refractivity contribution is 9.10. The molecule has 5 heteroatoms. The van der Waals surface area contributed by atoms with Gasteiger partial charge < -0.3 is 9.47 Å². The third-order valence-corrected chi connectivity index (χ3v) is 3.68. The predicted octanol–water partition coefficient (Wildman–Crippen LogP) is 4.00. The zero-order valence-electron chi connectivity index (χ0n) is 11.4. The van der Waals surface area contributed by atoms with Crippen LogP contribution in [0.1, 0.15) is 15.9 Å². The molecule has 0 saturated heterocycles. The second kappa shape index (κ2) is 7.33. The SMILES string of the molecule is COc1ccc(F)cc1C(=O)COCc1ccccc1Br. The Morgan fingerprint density at radius 1 is 1.24 bits per heavy atom. The lowest BCUT2D eigenvalue weighted by Crippen LogP contribution is -2.11. The van der Waals surface area contributed by atoms with Crippen molar-refractivity contribution in [1.82, 2.24) is 0 Å². The molecule has 0 aliphatic rings. The van der Waals surface area contributed by atoms with Gasteiger partial charge in [0, 0.05) is 4.47 Å². The van der Waals surface area contributed by atoms with Gasteiger partial charge in [0.2, 0.25) is 0 Å². The Morgan fingerprint density at radius 3 is 2.71 bits per heavy atom. The summed E-state index contributed by atoms with van der Waals surface area (Å²) in [6.07, 6.45) is 0. The lowest BCUT2D eigenvalue weighted by molar-refractivity contribution is 0.0722. The van der Waals surface area contributed by atoms with E-state index in [0.717, 1.165) is 16.1 Å². The largest absolute Gasteiger partial charge is 0.496 e. The Hall–Kier alpha value is -1.72. The molecule has 0 fully saturated rings. The van der Waals surface area contributed by atoms with E-state index in [2.05, 4.69) is 15.9 Å². The smallest absolute Gasteiger partial charge is 0.192 e. The minimum absolute atomic E-state index is 0.138. The van der Waals surface area contributed by atoms with Gasteiger partial charge in [-0.3, -0.25) is 4.79 Å². The highest BCUT2D eigenvalue weighted by atomic mass is 79.9. The third kappa shape index (κ3) is 4.12. The van der Waals surface area contributed by atoms with E-state index in [1.165, 1.54) is 19.2 Å². The van der Waals surface area contributed by atoms with Crippen molar-refractivity contribution in [2.24, 2.45) is 0 Å². The Bertz CT molecular complexity index is 643. The number of hydrogen-bond acceptors (Lipinski definition) is 3. The molecule has 0 amide bonds. The first-order valence-electron chi connectivity index (χ1n) is 6.29. The molecular formula is C16H14BrFO3. The molecule has 0 atom stereocenters. The summed E-state index contributed by atoms with van der Waals surface area (Å²) in [7, 11) is 1.44. The van der Waals surface area contributed by atoms with Crippen LogP contribution in [-0.2, 0) is 11.3 Å². The molecule has 0 bridgehead atoms. The van der Waals surface area contributed by atoms with Gasteiger partial charge in [0.1, 0.15) is 18.2 Å². The lowest BCUT2D eigenvalue weighted by atomic mass is 10.1. The normalized spacial score (nSPS) is 10.4. The number of hydrogen-bond donors (Lipinski definition) is 0. The highest BCUT2D eigenvalue weighted by Gasteiger charge is 2.13. The van der Waals surface area contributed by atoms with E-state index < -0.39 is 5.82 Å². The number of halogens is 2. The molecule has 0 heterocycles. The van der Waals surface area contributed by atoms with Gasteiger partial charge in [-0.05, 0) is 29.8 Å². The molecule has 0 spiro atoms. The first kappa shape index (κ1) is 15.7. The molecule has 0 N–H and O–H groups in total. The Morgan fingerprint density at radius 2 is 2.00 bits per heavy atom. The molecule has 0 radical (unpaired) electrons. The molecule has 0 aliphatic carbocycles. The number of ether oxygens (including phenoxy) is 2. The van der Waals surface area contributed by atoms with E-state index in [1.807, 2.05) is 24.3 Å². The summed E-state index contributed by atoms with van der Waals surface area (Å²) >= 11 is 3.41. The molecule has 0 aliphatic heterocycles. The van der Waals surface area contributed by atoms with Crippen LogP contribution in [0.25, 0.3) is 0 Å². The van der Waals surface area contributed by atoms with Crippen molar-refractivity contribution in [3.63, 3.8) is 0 Å². The van der Waals surface area contributed by atoms with Crippen LogP contribution in [0.4, 0.5) is 4.39 Å². The summed E-state index contributed by atoms with van der Waals surface area (Å²) < 4.78 is 24.6. The maximum atomic E-state index is 13.2. The van der Waals surface area contributed by atoms with Crippen molar-refractivity contribution in [3.8, 4) is 5.75 Å². The van der Waals surface area contributed by atoms with E-state index in [0.29, 0.717) is 12.4 Å². The minimum atomic E-state index is -0.482. The van der Waals surface area contributed by atoms with E-state index >= 15 is 0 Å². The molecule has 0 saturated carbocycles. The summed E-state index contributed by atoms with van der Waals surface area (Å²) in [4.78, 5) is 12.1. The number of benzene rings is 2. The van der Waals surface area contributed by atoms with Crippen LogP contribution < -0.4 is 4.74 Å². The van der Waals surface area contributed by atoms with Crippen molar-refractivity contribution < 1.29 is 18.7 Å². The number of methoxy groups -OCH3 is 1. The fourth-order valence-corrected chi connectivity index (χ4v) is 2.24. The first-order chi connectivity index (χ1) is 10.1. The van der Waals surface area contributed by atoms with Crippen LogP contribution >= 0.6 is 15.9 Å². The minimum Gasteiger partial charge on any atom is -0.496 e. The maximum Gasteiger partial charge on any atom is 0.192 e. The fourth-order valence-electron chi connectivity index (χ4n) is 1.84. The van der Waals surface area contributed by atoms with Gasteiger partial charge in [0.15, 0.2) is 5.78 Å². The zero-order valence-corrected chi connectivity index (χ0v) is 13.0. The maximum absolute atomic E-state index is 13.2. The molecule has 2 rings (SSSR count). The van der Waals surface area contributed by atoms with Crippen molar-refractivity contribution in [2.45, 2.75) is 6.61 Å². The summed E-state index contributed by atoms with van der Waals surface area (Å²) in [5, 5.41) is 0. The topological polar surface area (TPSA) is 35.5 Å². The molecule has 110 valence electrons. The number of Topliss-reactive ketones (excluding diaryl/α,β-unsaturated/α-hetero) is 1. The van der Waals surface area contributed by atoms with Crippen LogP contribution in [0.2, 0.25) is 0 Å². The van der Waals surface area contributed by atoms with Crippen LogP contribution in [0, 0.1) is 5.82 Å². The second-order valence-electron chi connectivity index (χ2n) is 4.35.